The molecule has 5 heteroatoms. The molecule has 1 fully saturated rings. The maximum Gasteiger partial charge on any atom is 0.0881 e. The topological polar surface area (TPSA) is 55.5 Å². The lowest BCUT2D eigenvalue weighted by Gasteiger charge is -2.31. The molecule has 1 aliphatic rings. The Bertz CT molecular complexity index is 407. The minimum Gasteiger partial charge on any atom is -0.388 e. The van der Waals surface area contributed by atoms with Crippen LogP contribution in [0.5, 0.6) is 0 Å². The quantitative estimate of drug-likeness (QED) is 0.900. The second-order valence-corrected chi connectivity index (χ2v) is 5.71. The molecule has 17 heavy (non-hydrogen) atoms. The van der Waals surface area contributed by atoms with E-state index in [1.54, 1.807) is 6.07 Å². The Morgan fingerprint density at radius 2 is 2.35 bits per heavy atom. The molecule has 1 heterocycles. The van der Waals surface area contributed by atoms with Crippen molar-refractivity contribution in [3.8, 4) is 0 Å². The zero-order valence-corrected chi connectivity index (χ0v) is 11.7. The number of benzene rings is 1. The van der Waals surface area contributed by atoms with Gasteiger partial charge in [-0.1, -0.05) is 17.7 Å². The first kappa shape index (κ1) is 13.3. The summed E-state index contributed by atoms with van der Waals surface area (Å²) in [7, 11) is 0. The average Bonchev–Trinajstić information content (AvgIpc) is 2.81. The summed E-state index contributed by atoms with van der Waals surface area (Å²) < 4.78 is 6.18. The van der Waals surface area contributed by atoms with Gasteiger partial charge in [0.1, 0.15) is 0 Å². The molecule has 0 bridgehead atoms. The Kier molecular flexibility index (Phi) is 4.10. The second-order valence-electron chi connectivity index (χ2n) is 4.45. The fourth-order valence-corrected chi connectivity index (χ4v) is 2.58. The number of aliphatic hydroxyl groups excluding tert-OH is 1. The Morgan fingerprint density at radius 1 is 1.59 bits per heavy atom. The molecule has 1 aromatic rings. The normalized spacial score (nSPS) is 26.1. The third-order valence-electron chi connectivity index (χ3n) is 3.38. The summed E-state index contributed by atoms with van der Waals surface area (Å²) in [5.41, 5.74) is 6.20. The van der Waals surface area contributed by atoms with Crippen LogP contribution in [0.4, 0.5) is 0 Å². The molecule has 3 nitrogen and oxygen atoms in total. The monoisotopic (exact) mass is 319 g/mol. The average molecular weight is 321 g/mol. The Hall–Kier alpha value is -0.130. The predicted molar refractivity (Wildman–Crippen MR) is 71.0 cm³/mol. The van der Waals surface area contributed by atoms with Gasteiger partial charge in [-0.15, -0.1) is 0 Å². The third kappa shape index (κ3) is 2.51. The first-order valence-electron chi connectivity index (χ1n) is 5.50. The number of hydrogen-bond donors (Lipinski definition) is 2. The molecule has 94 valence electrons. The zero-order valence-electron chi connectivity index (χ0n) is 9.33. The van der Waals surface area contributed by atoms with Crippen LogP contribution in [0.3, 0.4) is 0 Å². The summed E-state index contributed by atoms with van der Waals surface area (Å²) in [4.78, 5) is 0. The number of aliphatic hydroxyl groups is 1. The first-order valence-corrected chi connectivity index (χ1v) is 6.67. The molecule has 0 radical (unpaired) electrons. The fourth-order valence-electron chi connectivity index (χ4n) is 2.15. The van der Waals surface area contributed by atoms with Crippen LogP contribution >= 0.6 is 27.5 Å². The van der Waals surface area contributed by atoms with E-state index < -0.39 is 6.10 Å². The fraction of sp³-hybridized carbons (Fsp3) is 0.500. The van der Waals surface area contributed by atoms with Crippen molar-refractivity contribution in [1.82, 2.24) is 0 Å². The molecule has 2 unspecified atom stereocenters. The van der Waals surface area contributed by atoms with Crippen LogP contribution in [0.2, 0.25) is 5.02 Å². The van der Waals surface area contributed by atoms with Gasteiger partial charge in [0.05, 0.1) is 17.7 Å². The van der Waals surface area contributed by atoms with Crippen LogP contribution in [0, 0.1) is 5.41 Å². The van der Waals surface area contributed by atoms with E-state index >= 15 is 0 Å². The van der Waals surface area contributed by atoms with Crippen molar-refractivity contribution >= 4 is 27.5 Å². The molecule has 1 aromatic carbocycles. The van der Waals surface area contributed by atoms with Gasteiger partial charge in [0.15, 0.2) is 0 Å². The SMILES string of the molecule is NCC1(C(O)c2ccc(Br)c(Cl)c2)CCOC1. The van der Waals surface area contributed by atoms with Gasteiger partial charge in [0.2, 0.25) is 0 Å². The van der Waals surface area contributed by atoms with Crippen molar-refractivity contribution in [3.63, 3.8) is 0 Å². The minimum absolute atomic E-state index is 0.378. The predicted octanol–water partition coefficient (Wildman–Crippen LogP) is 2.50. The number of halogens is 2. The second kappa shape index (κ2) is 5.24. The number of ether oxygens (including phenoxy) is 1. The largest absolute Gasteiger partial charge is 0.388 e. The van der Waals surface area contributed by atoms with E-state index in [4.69, 9.17) is 22.1 Å². The number of hydrogen-bond acceptors (Lipinski definition) is 3. The molecule has 0 amide bonds. The number of rotatable bonds is 3. The van der Waals surface area contributed by atoms with Gasteiger partial charge < -0.3 is 15.6 Å². The summed E-state index contributed by atoms with van der Waals surface area (Å²) in [6.07, 6.45) is 0.138. The molecule has 3 N–H and O–H groups in total. The van der Waals surface area contributed by atoms with E-state index in [1.807, 2.05) is 12.1 Å². The molecular weight excluding hydrogens is 305 g/mol. The van der Waals surface area contributed by atoms with E-state index in [2.05, 4.69) is 15.9 Å². The Labute approximate surface area is 114 Å². The van der Waals surface area contributed by atoms with Gasteiger partial charge in [-0.05, 0) is 40.0 Å². The smallest absolute Gasteiger partial charge is 0.0881 e. The first-order chi connectivity index (χ1) is 8.09. The molecular formula is C12H15BrClNO2. The highest BCUT2D eigenvalue weighted by Gasteiger charge is 2.41. The lowest BCUT2D eigenvalue weighted by Crippen LogP contribution is -2.37. The van der Waals surface area contributed by atoms with E-state index in [0.717, 1.165) is 16.5 Å². The van der Waals surface area contributed by atoms with Crippen LogP contribution in [0.15, 0.2) is 22.7 Å². The summed E-state index contributed by atoms with van der Waals surface area (Å²) in [5, 5.41) is 11.0. The van der Waals surface area contributed by atoms with Gasteiger partial charge in [-0.25, -0.2) is 0 Å². The standard InChI is InChI=1S/C12H15BrClNO2/c13-9-2-1-8(5-10(9)14)11(16)12(6-15)3-4-17-7-12/h1-2,5,11,16H,3-4,6-7,15H2. The van der Waals surface area contributed by atoms with Gasteiger partial charge >= 0.3 is 0 Å². The number of nitrogens with two attached hydrogens (primary N) is 1. The molecule has 2 atom stereocenters. The molecule has 1 saturated heterocycles. The third-order valence-corrected chi connectivity index (χ3v) is 4.61. The van der Waals surface area contributed by atoms with Crippen LogP contribution in [-0.2, 0) is 4.74 Å². The van der Waals surface area contributed by atoms with E-state index in [9.17, 15) is 5.11 Å². The lowest BCUT2D eigenvalue weighted by molar-refractivity contribution is 0.0191. The van der Waals surface area contributed by atoms with E-state index in [-0.39, 0.29) is 5.41 Å². The van der Waals surface area contributed by atoms with E-state index in [0.29, 0.717) is 24.8 Å². The molecule has 2 rings (SSSR count). The van der Waals surface area contributed by atoms with Crippen LogP contribution in [-0.4, -0.2) is 24.9 Å². The van der Waals surface area contributed by atoms with Crippen molar-refractivity contribution in [2.75, 3.05) is 19.8 Å². The Morgan fingerprint density at radius 3 is 2.88 bits per heavy atom. The Balaban J connectivity index is 2.29. The van der Waals surface area contributed by atoms with Crippen LogP contribution in [0.1, 0.15) is 18.1 Å². The molecule has 0 spiro atoms. The molecule has 0 aliphatic carbocycles. The van der Waals surface area contributed by atoms with Crippen molar-refractivity contribution in [2.45, 2.75) is 12.5 Å². The van der Waals surface area contributed by atoms with Gasteiger partial charge in [0, 0.05) is 23.0 Å². The molecule has 0 aromatic heterocycles. The van der Waals surface area contributed by atoms with Crippen LogP contribution in [0.25, 0.3) is 0 Å². The maximum absolute atomic E-state index is 10.5. The zero-order chi connectivity index (χ0) is 12.5. The summed E-state index contributed by atoms with van der Waals surface area (Å²) >= 11 is 9.36. The highest BCUT2D eigenvalue weighted by Crippen LogP contribution is 2.41. The highest BCUT2D eigenvalue weighted by molar-refractivity contribution is 9.10. The molecule has 0 saturated carbocycles. The van der Waals surface area contributed by atoms with Crippen molar-refractivity contribution < 1.29 is 9.84 Å². The summed E-state index contributed by atoms with van der Waals surface area (Å²) in [6.45, 7) is 1.55. The van der Waals surface area contributed by atoms with Gasteiger partial charge in [-0.2, -0.15) is 0 Å². The van der Waals surface area contributed by atoms with Crippen molar-refractivity contribution in [3.05, 3.63) is 33.3 Å². The summed E-state index contributed by atoms with van der Waals surface area (Å²) in [5.74, 6) is 0. The lowest BCUT2D eigenvalue weighted by atomic mass is 9.78. The van der Waals surface area contributed by atoms with Gasteiger partial charge in [0.25, 0.3) is 0 Å². The highest BCUT2D eigenvalue weighted by atomic mass is 79.9. The maximum atomic E-state index is 10.5. The van der Waals surface area contributed by atoms with Crippen molar-refractivity contribution in [2.24, 2.45) is 11.1 Å². The van der Waals surface area contributed by atoms with Gasteiger partial charge in [-0.3, -0.25) is 0 Å². The molecule has 1 aliphatic heterocycles. The van der Waals surface area contributed by atoms with Crippen molar-refractivity contribution in [1.29, 1.82) is 0 Å². The summed E-state index contributed by atoms with van der Waals surface area (Å²) in [6, 6.07) is 5.46. The van der Waals surface area contributed by atoms with Crippen LogP contribution < -0.4 is 5.73 Å². The van der Waals surface area contributed by atoms with E-state index in [1.165, 1.54) is 0 Å². The minimum atomic E-state index is -0.638.